The normalized spacial score (nSPS) is 18.0. The van der Waals surface area contributed by atoms with Crippen LogP contribution in [0.15, 0.2) is 24.3 Å². The van der Waals surface area contributed by atoms with Crippen LogP contribution in [0.1, 0.15) is 11.1 Å². The fourth-order valence-electron chi connectivity index (χ4n) is 1.93. The molecule has 0 aliphatic heterocycles. The lowest BCUT2D eigenvalue weighted by Crippen LogP contribution is -2.47. The molecule has 0 saturated carbocycles. The maximum atomic E-state index is 11.3. The van der Waals surface area contributed by atoms with Gasteiger partial charge in [-0.1, -0.05) is 12.1 Å². The van der Waals surface area contributed by atoms with E-state index in [0.717, 1.165) is 6.08 Å². The molecule has 19 heavy (non-hydrogen) atoms. The Kier molecular flexibility index (Phi) is 2.97. The Labute approximate surface area is 109 Å². The molecule has 1 aromatic rings. The summed E-state index contributed by atoms with van der Waals surface area (Å²) in [7, 11) is -10.2. The summed E-state index contributed by atoms with van der Waals surface area (Å²) >= 11 is 0. The van der Waals surface area contributed by atoms with Gasteiger partial charge in [-0.05, 0) is 29.3 Å². The predicted octanol–water partition coefficient (Wildman–Crippen LogP) is 0.433. The van der Waals surface area contributed by atoms with Gasteiger partial charge in [-0.2, -0.15) is 16.8 Å². The Morgan fingerprint density at radius 3 is 2.16 bits per heavy atom. The van der Waals surface area contributed by atoms with Crippen LogP contribution < -0.4 is 0 Å². The lowest BCUT2D eigenvalue weighted by Gasteiger charge is -2.27. The molecule has 9 heteroatoms. The fourth-order valence-corrected chi connectivity index (χ4v) is 4.15. The summed E-state index contributed by atoms with van der Waals surface area (Å²) in [4.78, 5) is 0. The van der Waals surface area contributed by atoms with Crippen LogP contribution >= 0.6 is 0 Å². The zero-order valence-corrected chi connectivity index (χ0v) is 11.0. The number of rotatable bonds is 2. The summed E-state index contributed by atoms with van der Waals surface area (Å²) in [5.41, 5.74) is 0.665. The van der Waals surface area contributed by atoms with Crippen molar-refractivity contribution in [3.63, 3.8) is 0 Å². The molecule has 7 nitrogen and oxygen atoms in total. The third kappa shape index (κ3) is 2.14. The second-order valence-corrected chi connectivity index (χ2v) is 7.77. The highest BCUT2D eigenvalue weighted by molar-refractivity contribution is 8.05. The molecule has 0 saturated heterocycles. The van der Waals surface area contributed by atoms with Crippen LogP contribution in [0.25, 0.3) is 6.08 Å². The molecule has 2 rings (SSSR count). The van der Waals surface area contributed by atoms with Gasteiger partial charge >= 0.3 is 0 Å². The predicted molar refractivity (Wildman–Crippen MR) is 66.7 cm³/mol. The molecule has 0 fully saturated rings. The first-order chi connectivity index (χ1) is 8.57. The van der Waals surface area contributed by atoms with E-state index < -0.39 is 30.7 Å². The number of aromatic hydroxyl groups is 1. The molecule has 0 aromatic heterocycles. The molecular formula is C10H10O7S2. The Balaban J connectivity index is 2.71. The van der Waals surface area contributed by atoms with Crippen LogP contribution in [-0.4, -0.2) is 35.1 Å². The minimum Gasteiger partial charge on any atom is -0.508 e. The molecular weight excluding hydrogens is 296 g/mol. The Morgan fingerprint density at radius 2 is 1.63 bits per heavy atom. The van der Waals surface area contributed by atoms with E-state index in [1.54, 1.807) is 0 Å². The Morgan fingerprint density at radius 1 is 1.05 bits per heavy atom. The lowest BCUT2D eigenvalue weighted by molar-refractivity contribution is 0.436. The summed E-state index contributed by atoms with van der Waals surface area (Å²) in [6, 6.07) is 3.87. The van der Waals surface area contributed by atoms with Crippen molar-refractivity contribution < 1.29 is 31.0 Å². The van der Waals surface area contributed by atoms with Gasteiger partial charge in [0.25, 0.3) is 20.2 Å². The van der Waals surface area contributed by atoms with Gasteiger partial charge in [0, 0.05) is 6.42 Å². The van der Waals surface area contributed by atoms with Crippen LogP contribution in [0.4, 0.5) is 0 Å². The summed E-state index contributed by atoms with van der Waals surface area (Å²) < 4.78 is 60.9. The average molecular weight is 306 g/mol. The first-order valence-corrected chi connectivity index (χ1v) is 7.90. The zero-order chi connectivity index (χ0) is 14.5. The molecule has 0 radical (unpaired) electrons. The van der Waals surface area contributed by atoms with E-state index in [1.165, 1.54) is 18.2 Å². The number of benzene rings is 1. The maximum Gasteiger partial charge on any atom is 0.291 e. The van der Waals surface area contributed by atoms with Crippen molar-refractivity contribution in [2.75, 3.05) is 0 Å². The summed E-state index contributed by atoms with van der Waals surface area (Å²) in [6.45, 7) is 0. The largest absolute Gasteiger partial charge is 0.508 e. The number of fused-ring (bicyclic) bond motifs is 1. The zero-order valence-electron chi connectivity index (χ0n) is 9.38. The van der Waals surface area contributed by atoms with Gasteiger partial charge < -0.3 is 5.11 Å². The molecule has 104 valence electrons. The fraction of sp³-hybridized carbons (Fsp3) is 0.200. The Hall–Kier alpha value is -1.42. The van der Waals surface area contributed by atoms with Crippen molar-refractivity contribution in [3.05, 3.63) is 35.4 Å². The van der Waals surface area contributed by atoms with Crippen molar-refractivity contribution in [1.29, 1.82) is 0 Å². The highest BCUT2D eigenvalue weighted by Crippen LogP contribution is 2.36. The summed E-state index contributed by atoms with van der Waals surface area (Å²) in [5.74, 6) is -0.0744. The third-order valence-corrected chi connectivity index (χ3v) is 6.53. The number of phenolic OH excluding ortho intramolecular Hbond substituents is 1. The summed E-state index contributed by atoms with van der Waals surface area (Å²) in [5, 5.41) is 9.27. The topological polar surface area (TPSA) is 129 Å². The second kappa shape index (κ2) is 4.04. The van der Waals surface area contributed by atoms with E-state index in [-0.39, 0.29) is 11.3 Å². The average Bonchev–Trinajstić information content (AvgIpc) is 2.25. The van der Waals surface area contributed by atoms with Gasteiger partial charge in [0.2, 0.25) is 4.08 Å². The van der Waals surface area contributed by atoms with Crippen LogP contribution in [0.2, 0.25) is 0 Å². The standard InChI is InChI=1S/C10H10O7S2/c11-9-2-1-8-6-10(18(12,13)14,19(15,16)17)4-3-7(8)5-9/h1-5,11H,6H2,(H,12,13,14)(H,15,16,17). The van der Waals surface area contributed by atoms with Crippen molar-refractivity contribution >= 4 is 26.3 Å². The van der Waals surface area contributed by atoms with E-state index in [4.69, 9.17) is 9.11 Å². The van der Waals surface area contributed by atoms with E-state index in [2.05, 4.69) is 0 Å². The van der Waals surface area contributed by atoms with Gasteiger partial charge in [-0.3, -0.25) is 9.11 Å². The lowest BCUT2D eigenvalue weighted by atomic mass is 9.96. The molecule has 0 amide bonds. The quantitative estimate of drug-likeness (QED) is 0.676. The van der Waals surface area contributed by atoms with Gasteiger partial charge in [0.05, 0.1) is 0 Å². The molecule has 3 N–H and O–H groups in total. The van der Waals surface area contributed by atoms with Crippen LogP contribution in [0, 0.1) is 0 Å². The minimum absolute atomic E-state index is 0.0744. The molecule has 1 aromatic carbocycles. The van der Waals surface area contributed by atoms with Gasteiger partial charge in [-0.25, -0.2) is 0 Å². The van der Waals surface area contributed by atoms with Crippen LogP contribution in [0.5, 0.6) is 5.75 Å². The van der Waals surface area contributed by atoms with Crippen LogP contribution in [0.3, 0.4) is 0 Å². The smallest absolute Gasteiger partial charge is 0.291 e. The third-order valence-electron chi connectivity index (χ3n) is 2.96. The molecule has 0 unspecified atom stereocenters. The van der Waals surface area contributed by atoms with E-state index >= 15 is 0 Å². The highest BCUT2D eigenvalue weighted by Gasteiger charge is 2.54. The highest BCUT2D eigenvalue weighted by atomic mass is 32.3. The number of hydrogen-bond donors (Lipinski definition) is 3. The van der Waals surface area contributed by atoms with Crippen molar-refractivity contribution in [2.24, 2.45) is 0 Å². The monoisotopic (exact) mass is 306 g/mol. The second-order valence-electron chi connectivity index (χ2n) is 4.16. The molecule has 0 bridgehead atoms. The molecule has 0 atom stereocenters. The minimum atomic E-state index is -5.09. The van der Waals surface area contributed by atoms with Crippen LogP contribution in [-0.2, 0) is 26.7 Å². The van der Waals surface area contributed by atoms with E-state index in [0.29, 0.717) is 11.6 Å². The molecule has 0 heterocycles. The van der Waals surface area contributed by atoms with Crippen molar-refractivity contribution in [2.45, 2.75) is 10.5 Å². The van der Waals surface area contributed by atoms with Crippen molar-refractivity contribution in [1.82, 2.24) is 0 Å². The van der Waals surface area contributed by atoms with Gasteiger partial charge in [0.1, 0.15) is 5.75 Å². The van der Waals surface area contributed by atoms with Crippen molar-refractivity contribution in [3.8, 4) is 5.75 Å². The van der Waals surface area contributed by atoms with E-state index in [9.17, 15) is 21.9 Å². The summed E-state index contributed by atoms with van der Waals surface area (Å²) in [6.07, 6.45) is 1.16. The SMILES string of the molecule is O=S(=O)(O)C1(S(=O)(=O)O)C=Cc2cc(O)ccc2C1. The molecule has 1 aliphatic carbocycles. The molecule has 0 spiro atoms. The first-order valence-electron chi connectivity index (χ1n) is 5.02. The van der Waals surface area contributed by atoms with E-state index in [1.807, 2.05) is 0 Å². The first kappa shape index (κ1) is 14.0. The maximum absolute atomic E-state index is 11.3. The Bertz CT molecular complexity index is 727. The number of phenols is 1. The number of hydrogen-bond acceptors (Lipinski definition) is 5. The van der Waals surface area contributed by atoms with Gasteiger partial charge in [0.15, 0.2) is 0 Å². The van der Waals surface area contributed by atoms with Gasteiger partial charge in [-0.15, -0.1) is 0 Å². The molecule has 1 aliphatic rings.